The van der Waals surface area contributed by atoms with E-state index in [0.717, 1.165) is 0 Å². The van der Waals surface area contributed by atoms with Crippen LogP contribution in [0.2, 0.25) is 0 Å². The zero-order valence-electron chi connectivity index (χ0n) is 12.3. The zero-order valence-corrected chi connectivity index (χ0v) is 13.2. The lowest BCUT2D eigenvalue weighted by Crippen LogP contribution is -2.09. The van der Waals surface area contributed by atoms with Crippen molar-refractivity contribution in [1.29, 1.82) is 0 Å². The molecule has 0 spiro atoms. The first-order chi connectivity index (χ1) is 10.9. The van der Waals surface area contributed by atoms with Gasteiger partial charge in [-0.25, -0.2) is 0 Å². The predicted molar refractivity (Wildman–Crippen MR) is 79.6 cm³/mol. The van der Waals surface area contributed by atoms with Gasteiger partial charge >= 0.3 is 10.1 Å². The first kappa shape index (κ1) is 16.6. The Morgan fingerprint density at radius 3 is 2.22 bits per heavy atom. The van der Waals surface area contributed by atoms with E-state index in [4.69, 9.17) is 8.71 Å². The predicted octanol–water partition coefficient (Wildman–Crippen LogP) is 2.03. The van der Waals surface area contributed by atoms with Crippen LogP contribution in [-0.4, -0.2) is 18.7 Å². The lowest BCUT2D eigenvalue weighted by molar-refractivity contribution is 0.368. The average Bonchev–Trinajstić information content (AvgIpc) is 3.08. The second kappa shape index (κ2) is 6.97. The number of aryl methyl sites for hydroxylation is 2. The van der Waals surface area contributed by atoms with E-state index in [9.17, 15) is 13.2 Å². The minimum Gasteiger partial charge on any atom is -0.384 e. The van der Waals surface area contributed by atoms with Gasteiger partial charge in [-0.15, -0.1) is 0 Å². The van der Waals surface area contributed by atoms with Gasteiger partial charge in [-0.1, -0.05) is 18.2 Å². The molecule has 2 aromatic heterocycles. The summed E-state index contributed by atoms with van der Waals surface area (Å²) in [6.07, 6.45) is 0. The highest BCUT2D eigenvalue weighted by atomic mass is 32.2. The number of aromatic amines is 1. The van der Waals surface area contributed by atoms with Crippen molar-refractivity contribution < 1.29 is 21.6 Å². The van der Waals surface area contributed by atoms with E-state index >= 15 is 0 Å². The number of hydrogen-bond donors (Lipinski definition) is 1. The molecule has 23 heavy (non-hydrogen) atoms. The van der Waals surface area contributed by atoms with Gasteiger partial charge in [0.1, 0.15) is 16.4 Å². The largest absolute Gasteiger partial charge is 0.384 e. The Bertz CT molecular complexity index is 908. The van der Waals surface area contributed by atoms with Gasteiger partial charge in [0.25, 0.3) is 11.4 Å². The Morgan fingerprint density at radius 2 is 1.78 bits per heavy atom. The molecule has 3 rings (SSSR count). The number of hydrogen-bond acceptors (Lipinski definition) is 7. The number of benzene rings is 1. The Labute approximate surface area is 131 Å². The molecule has 0 atom stereocenters. The Morgan fingerprint density at radius 1 is 1.09 bits per heavy atom. The minimum atomic E-state index is -3.82. The molecule has 0 radical (unpaired) electrons. The van der Waals surface area contributed by atoms with Gasteiger partial charge < -0.3 is 13.2 Å². The molecule has 3 aromatic rings. The summed E-state index contributed by atoms with van der Waals surface area (Å²) in [5, 5.41) is 5.59. The molecule has 0 fully saturated rings. The zero-order chi connectivity index (χ0) is 16.9. The van der Waals surface area contributed by atoms with Gasteiger partial charge in [0.2, 0.25) is 0 Å². The highest BCUT2D eigenvalue weighted by molar-refractivity contribution is 7.87. The summed E-state index contributed by atoms with van der Waals surface area (Å²) < 4.78 is 37.4. The van der Waals surface area contributed by atoms with E-state index in [2.05, 4.69) is 14.8 Å². The van der Waals surface area contributed by atoms with Crippen LogP contribution in [0, 0.1) is 13.8 Å². The monoisotopic (exact) mass is 338 g/mol. The van der Waals surface area contributed by atoms with E-state index in [-0.39, 0.29) is 16.3 Å². The minimum absolute atomic E-state index is 0.0682. The van der Waals surface area contributed by atoms with Gasteiger partial charge in [0.15, 0.2) is 0 Å². The fourth-order valence-corrected chi connectivity index (χ4v) is 2.39. The third-order valence-corrected chi connectivity index (χ3v) is 3.72. The second-order valence-corrected chi connectivity index (χ2v) is 6.00. The molecule has 0 saturated carbocycles. The van der Waals surface area contributed by atoms with Gasteiger partial charge in [0.05, 0.1) is 0 Å². The molecule has 2 heterocycles. The van der Waals surface area contributed by atoms with Gasteiger partial charge in [-0.05, 0) is 31.1 Å². The summed E-state index contributed by atoms with van der Waals surface area (Å²) in [5.41, 5.74) is -0.183. The number of aromatic nitrogens is 2. The standard InChI is InChI=1S/C10H9NO4S.C4H5NO2/c1-8-7-10(11-14-8)15-16(12,13)9-5-3-2-4-6-9;1-3-2-4(6)5-7-3/h2-7H,1H3;2H,1H3,(H,5,6). The van der Waals surface area contributed by atoms with Crippen LogP contribution in [0.1, 0.15) is 11.5 Å². The second-order valence-electron chi connectivity index (χ2n) is 4.45. The van der Waals surface area contributed by atoms with Crippen molar-refractivity contribution in [2.24, 2.45) is 0 Å². The van der Waals surface area contributed by atoms with Crippen molar-refractivity contribution in [1.82, 2.24) is 10.3 Å². The van der Waals surface area contributed by atoms with Crippen molar-refractivity contribution in [3.05, 3.63) is 64.3 Å². The number of nitrogens with zero attached hydrogens (tertiary/aromatic N) is 1. The van der Waals surface area contributed by atoms with Crippen LogP contribution < -0.4 is 9.74 Å². The van der Waals surface area contributed by atoms with Crippen LogP contribution in [0.5, 0.6) is 5.88 Å². The fraction of sp³-hybridized carbons (Fsp3) is 0.143. The van der Waals surface area contributed by atoms with E-state index in [1.807, 2.05) is 0 Å². The molecule has 122 valence electrons. The molecule has 0 aliphatic carbocycles. The first-order valence-corrected chi connectivity index (χ1v) is 7.85. The molecule has 9 heteroatoms. The van der Waals surface area contributed by atoms with Crippen LogP contribution in [0.15, 0.2) is 61.2 Å². The van der Waals surface area contributed by atoms with E-state index < -0.39 is 10.1 Å². The maximum absolute atomic E-state index is 11.7. The lowest BCUT2D eigenvalue weighted by atomic mass is 10.4. The molecular weight excluding hydrogens is 324 g/mol. The molecular formula is C14H14N2O6S. The summed E-state index contributed by atoms with van der Waals surface area (Å²) in [6.45, 7) is 3.35. The van der Waals surface area contributed by atoms with Crippen LogP contribution in [-0.2, 0) is 10.1 Å². The topological polar surface area (TPSA) is 115 Å². The summed E-state index contributed by atoms with van der Waals surface area (Å²) in [6, 6.07) is 10.6. The van der Waals surface area contributed by atoms with Crippen molar-refractivity contribution in [2.75, 3.05) is 0 Å². The molecule has 0 aliphatic rings. The molecule has 8 nitrogen and oxygen atoms in total. The number of nitrogens with one attached hydrogen (secondary N) is 1. The maximum atomic E-state index is 11.7. The molecule has 0 unspecified atom stereocenters. The summed E-state index contributed by atoms with van der Waals surface area (Å²) in [4.78, 5) is 10.2. The number of rotatable bonds is 3. The Balaban J connectivity index is 0.000000229. The van der Waals surface area contributed by atoms with Crippen molar-refractivity contribution in [2.45, 2.75) is 18.7 Å². The Kier molecular flexibility index (Phi) is 5.02. The molecule has 0 bridgehead atoms. The van der Waals surface area contributed by atoms with E-state index in [0.29, 0.717) is 11.5 Å². The van der Waals surface area contributed by atoms with E-state index in [1.54, 1.807) is 32.0 Å². The summed E-state index contributed by atoms with van der Waals surface area (Å²) in [5.74, 6) is 1.03. The third kappa shape index (κ3) is 4.85. The molecule has 0 amide bonds. The highest BCUT2D eigenvalue weighted by Crippen LogP contribution is 2.17. The summed E-state index contributed by atoms with van der Waals surface area (Å²) in [7, 11) is -3.82. The van der Waals surface area contributed by atoms with Gasteiger partial charge in [-0.3, -0.25) is 4.79 Å². The lowest BCUT2D eigenvalue weighted by Gasteiger charge is -2.02. The SMILES string of the molecule is Cc1cc(=O)[nH]o1.Cc1cc(OS(=O)(=O)c2ccccc2)no1. The third-order valence-electron chi connectivity index (χ3n) is 2.48. The van der Waals surface area contributed by atoms with Crippen LogP contribution in [0.25, 0.3) is 0 Å². The molecule has 1 N–H and O–H groups in total. The molecule has 0 saturated heterocycles. The van der Waals surface area contributed by atoms with E-state index in [1.165, 1.54) is 24.3 Å². The van der Waals surface area contributed by atoms with Crippen LogP contribution in [0.3, 0.4) is 0 Å². The molecule has 0 aliphatic heterocycles. The average molecular weight is 338 g/mol. The molecule has 1 aromatic carbocycles. The van der Waals surface area contributed by atoms with Crippen molar-refractivity contribution in [3.63, 3.8) is 0 Å². The van der Waals surface area contributed by atoms with Gasteiger partial charge in [-0.2, -0.15) is 13.6 Å². The van der Waals surface area contributed by atoms with Crippen LogP contribution >= 0.6 is 0 Å². The quantitative estimate of drug-likeness (QED) is 0.726. The normalized spacial score (nSPS) is 10.7. The van der Waals surface area contributed by atoms with Crippen molar-refractivity contribution in [3.8, 4) is 5.88 Å². The first-order valence-electron chi connectivity index (χ1n) is 6.45. The number of H-pyrrole nitrogens is 1. The van der Waals surface area contributed by atoms with Crippen molar-refractivity contribution >= 4 is 10.1 Å². The Hall–Kier alpha value is -2.81. The maximum Gasteiger partial charge on any atom is 0.340 e. The highest BCUT2D eigenvalue weighted by Gasteiger charge is 2.17. The fourth-order valence-electron chi connectivity index (χ4n) is 1.50. The smallest absolute Gasteiger partial charge is 0.340 e. The summed E-state index contributed by atoms with van der Waals surface area (Å²) >= 11 is 0. The van der Waals surface area contributed by atoms with Gasteiger partial charge in [0, 0.05) is 12.1 Å². The van der Waals surface area contributed by atoms with Crippen LogP contribution in [0.4, 0.5) is 0 Å².